The van der Waals surface area contributed by atoms with Crippen molar-refractivity contribution in [3.05, 3.63) is 17.7 Å². The molecule has 0 unspecified atom stereocenters. The number of amides is 1. The third kappa shape index (κ3) is 4.51. The van der Waals surface area contributed by atoms with Crippen molar-refractivity contribution in [2.45, 2.75) is 20.0 Å². The van der Waals surface area contributed by atoms with E-state index in [9.17, 15) is 18.0 Å². The predicted octanol–water partition coefficient (Wildman–Crippen LogP) is 2.33. The highest BCUT2D eigenvalue weighted by molar-refractivity contribution is 5.82. The van der Waals surface area contributed by atoms with Crippen LogP contribution in [0.15, 0.2) is 12.1 Å². The highest BCUT2D eigenvalue weighted by atomic mass is 19.4. The van der Waals surface area contributed by atoms with Crippen LogP contribution >= 0.6 is 0 Å². The lowest BCUT2D eigenvalue weighted by Gasteiger charge is -2.23. The molecule has 0 radical (unpaired) electrons. The first-order chi connectivity index (χ1) is 9.60. The molecule has 1 rings (SSSR count). The van der Waals surface area contributed by atoms with E-state index in [1.807, 2.05) is 0 Å². The van der Waals surface area contributed by atoms with Crippen LogP contribution in [0.5, 0.6) is 0 Å². The van der Waals surface area contributed by atoms with Gasteiger partial charge < -0.3 is 16.0 Å². The molecule has 8 heteroatoms. The van der Waals surface area contributed by atoms with Crippen molar-refractivity contribution in [3.63, 3.8) is 0 Å². The highest BCUT2D eigenvalue weighted by Crippen LogP contribution is 2.32. The zero-order valence-electron chi connectivity index (χ0n) is 12.4. The summed E-state index contributed by atoms with van der Waals surface area (Å²) >= 11 is 0. The minimum atomic E-state index is -4.46. The molecular formula is C13H19F3N4O. The monoisotopic (exact) mass is 304 g/mol. The number of rotatable bonds is 5. The van der Waals surface area contributed by atoms with E-state index >= 15 is 0 Å². The number of hydrogen-bond acceptors (Lipinski definition) is 4. The fraction of sp³-hybridized carbons (Fsp3) is 0.538. The number of pyridine rings is 1. The fourth-order valence-electron chi connectivity index (χ4n) is 1.64. The maximum atomic E-state index is 12.8. The number of carbonyl (C=O) groups is 1. The van der Waals surface area contributed by atoms with Gasteiger partial charge in [0.25, 0.3) is 0 Å². The number of halogens is 3. The average molecular weight is 304 g/mol. The zero-order valence-corrected chi connectivity index (χ0v) is 12.4. The lowest BCUT2D eigenvalue weighted by atomic mass is 9.92. The van der Waals surface area contributed by atoms with Crippen molar-refractivity contribution < 1.29 is 18.0 Å². The van der Waals surface area contributed by atoms with Crippen molar-refractivity contribution in [1.29, 1.82) is 0 Å². The molecule has 0 aliphatic carbocycles. The first-order valence-corrected chi connectivity index (χ1v) is 6.33. The van der Waals surface area contributed by atoms with Crippen LogP contribution in [-0.4, -0.2) is 31.5 Å². The Morgan fingerprint density at radius 2 is 1.76 bits per heavy atom. The van der Waals surface area contributed by atoms with E-state index < -0.39 is 17.2 Å². The van der Waals surface area contributed by atoms with E-state index in [0.717, 1.165) is 12.1 Å². The van der Waals surface area contributed by atoms with Crippen LogP contribution in [0.2, 0.25) is 0 Å². The third-order valence-electron chi connectivity index (χ3n) is 2.96. The summed E-state index contributed by atoms with van der Waals surface area (Å²) in [6.45, 7) is 3.53. The molecule has 0 bridgehead atoms. The summed E-state index contributed by atoms with van der Waals surface area (Å²) in [5, 5.41) is 7.86. The Balaban J connectivity index is 2.96. The molecule has 0 spiro atoms. The maximum Gasteiger partial charge on any atom is 0.416 e. The standard InChI is InChI=1S/C13H19F3N4O/c1-12(2,11(21)18-4)7-19-10-6-8(13(14,15)16)5-9(17-3)20-10/h5-6H,7H2,1-4H3,(H,18,21)(H2,17,19,20). The Hall–Kier alpha value is -1.99. The molecule has 0 fully saturated rings. The van der Waals surface area contributed by atoms with E-state index in [0.29, 0.717) is 0 Å². The second-order valence-corrected chi connectivity index (χ2v) is 5.19. The molecule has 1 amide bonds. The molecule has 0 aliphatic heterocycles. The molecule has 1 aromatic heterocycles. The summed E-state index contributed by atoms with van der Waals surface area (Å²) in [5.74, 6) is -0.0490. The number of nitrogens with zero attached hydrogens (tertiary/aromatic N) is 1. The Morgan fingerprint density at radius 1 is 1.19 bits per heavy atom. The van der Waals surface area contributed by atoms with Gasteiger partial charge in [0.2, 0.25) is 5.91 Å². The molecular weight excluding hydrogens is 285 g/mol. The lowest BCUT2D eigenvalue weighted by molar-refractivity contribution is -0.137. The smallest absolute Gasteiger partial charge is 0.373 e. The summed E-state index contributed by atoms with van der Waals surface area (Å²) in [7, 11) is 2.99. The Morgan fingerprint density at radius 3 is 2.24 bits per heavy atom. The fourth-order valence-corrected chi connectivity index (χ4v) is 1.64. The van der Waals surface area contributed by atoms with Gasteiger partial charge in [-0.25, -0.2) is 4.98 Å². The van der Waals surface area contributed by atoms with Gasteiger partial charge in [0, 0.05) is 20.6 Å². The van der Waals surface area contributed by atoms with Gasteiger partial charge in [-0.05, 0) is 26.0 Å². The van der Waals surface area contributed by atoms with Gasteiger partial charge >= 0.3 is 6.18 Å². The largest absolute Gasteiger partial charge is 0.416 e. The summed E-state index contributed by atoms with van der Waals surface area (Å²) in [5.41, 5.74) is -1.58. The molecule has 3 N–H and O–H groups in total. The van der Waals surface area contributed by atoms with Crippen LogP contribution in [0.25, 0.3) is 0 Å². The Labute approximate surface area is 121 Å². The quantitative estimate of drug-likeness (QED) is 0.781. The summed E-state index contributed by atoms with van der Waals surface area (Å²) < 4.78 is 38.4. The Kier molecular flexibility index (Phi) is 5.03. The van der Waals surface area contributed by atoms with Gasteiger partial charge in [-0.1, -0.05) is 0 Å². The summed E-state index contributed by atoms with van der Waals surface area (Å²) in [6, 6.07) is 1.84. The molecule has 5 nitrogen and oxygen atoms in total. The van der Waals surface area contributed by atoms with E-state index in [-0.39, 0.29) is 24.1 Å². The van der Waals surface area contributed by atoms with E-state index in [4.69, 9.17) is 0 Å². The Bertz CT molecular complexity index is 515. The minimum absolute atomic E-state index is 0.0613. The number of aromatic nitrogens is 1. The van der Waals surface area contributed by atoms with E-state index in [2.05, 4.69) is 20.9 Å². The van der Waals surface area contributed by atoms with Crippen LogP contribution in [0.4, 0.5) is 24.8 Å². The van der Waals surface area contributed by atoms with Crippen LogP contribution in [0, 0.1) is 5.41 Å². The molecule has 0 aromatic carbocycles. The van der Waals surface area contributed by atoms with Crippen molar-refractivity contribution in [3.8, 4) is 0 Å². The molecule has 21 heavy (non-hydrogen) atoms. The van der Waals surface area contributed by atoms with Gasteiger partial charge in [0.05, 0.1) is 11.0 Å². The van der Waals surface area contributed by atoms with Crippen molar-refractivity contribution in [1.82, 2.24) is 10.3 Å². The van der Waals surface area contributed by atoms with E-state index in [1.165, 1.54) is 14.1 Å². The second kappa shape index (κ2) is 6.19. The minimum Gasteiger partial charge on any atom is -0.373 e. The average Bonchev–Trinajstić information content (AvgIpc) is 2.42. The third-order valence-corrected chi connectivity index (χ3v) is 2.96. The molecule has 0 saturated carbocycles. The summed E-state index contributed by atoms with van der Waals surface area (Å²) in [4.78, 5) is 15.6. The molecule has 1 aromatic rings. The van der Waals surface area contributed by atoms with Crippen molar-refractivity contribution in [2.75, 3.05) is 31.3 Å². The van der Waals surface area contributed by atoms with Crippen LogP contribution in [0.1, 0.15) is 19.4 Å². The molecule has 0 aliphatic rings. The predicted molar refractivity (Wildman–Crippen MR) is 75.1 cm³/mol. The van der Waals surface area contributed by atoms with E-state index in [1.54, 1.807) is 13.8 Å². The summed E-state index contributed by atoms with van der Waals surface area (Å²) in [6.07, 6.45) is -4.46. The number of carbonyl (C=O) groups excluding carboxylic acids is 1. The highest BCUT2D eigenvalue weighted by Gasteiger charge is 2.32. The number of anilines is 2. The second-order valence-electron chi connectivity index (χ2n) is 5.19. The lowest BCUT2D eigenvalue weighted by Crippen LogP contribution is -2.39. The van der Waals surface area contributed by atoms with Gasteiger partial charge in [0.1, 0.15) is 11.6 Å². The van der Waals surface area contributed by atoms with Gasteiger partial charge in [-0.15, -0.1) is 0 Å². The van der Waals surface area contributed by atoms with Crippen LogP contribution in [0.3, 0.4) is 0 Å². The topological polar surface area (TPSA) is 66.1 Å². The van der Waals surface area contributed by atoms with Crippen LogP contribution < -0.4 is 16.0 Å². The number of nitrogens with one attached hydrogen (secondary N) is 3. The first kappa shape index (κ1) is 17.1. The number of alkyl halides is 3. The molecule has 1 heterocycles. The SMILES string of the molecule is CNC(=O)C(C)(C)CNc1cc(C(F)(F)F)cc(NC)n1. The van der Waals surface area contributed by atoms with Gasteiger partial charge in [-0.2, -0.15) is 13.2 Å². The van der Waals surface area contributed by atoms with Crippen molar-refractivity contribution in [2.24, 2.45) is 5.41 Å². The zero-order chi connectivity index (χ0) is 16.3. The molecule has 0 atom stereocenters. The van der Waals surface area contributed by atoms with Gasteiger partial charge in [-0.3, -0.25) is 4.79 Å². The number of hydrogen-bond donors (Lipinski definition) is 3. The normalized spacial score (nSPS) is 12.0. The molecule has 0 saturated heterocycles. The van der Waals surface area contributed by atoms with Gasteiger partial charge in [0.15, 0.2) is 0 Å². The van der Waals surface area contributed by atoms with Crippen LogP contribution in [-0.2, 0) is 11.0 Å². The molecule has 118 valence electrons. The first-order valence-electron chi connectivity index (χ1n) is 6.33. The van der Waals surface area contributed by atoms with Crippen molar-refractivity contribution >= 4 is 17.5 Å². The maximum absolute atomic E-state index is 12.8.